The van der Waals surface area contributed by atoms with Gasteiger partial charge in [0.1, 0.15) is 6.61 Å². The van der Waals surface area contributed by atoms with Crippen molar-refractivity contribution < 1.29 is 13.9 Å². The Hall–Kier alpha value is -3.20. The van der Waals surface area contributed by atoms with E-state index >= 15 is 0 Å². The van der Waals surface area contributed by atoms with Gasteiger partial charge in [0, 0.05) is 24.2 Å². The van der Waals surface area contributed by atoms with Crippen molar-refractivity contribution in [2.75, 3.05) is 0 Å². The molecule has 26 heavy (non-hydrogen) atoms. The smallest absolute Gasteiger partial charge is 0.419 e. The van der Waals surface area contributed by atoms with Gasteiger partial charge in [0.05, 0.1) is 17.6 Å². The molecule has 3 aromatic heterocycles. The van der Waals surface area contributed by atoms with Gasteiger partial charge in [0.15, 0.2) is 10.5 Å². The van der Waals surface area contributed by atoms with Crippen molar-refractivity contribution in [3.8, 4) is 0 Å². The van der Waals surface area contributed by atoms with Crippen molar-refractivity contribution in [3.05, 3.63) is 68.5 Å². The van der Waals surface area contributed by atoms with E-state index in [1.807, 2.05) is 0 Å². The maximum atomic E-state index is 12.0. The van der Waals surface area contributed by atoms with Crippen LogP contribution in [0.2, 0.25) is 0 Å². The lowest BCUT2D eigenvalue weighted by Gasteiger charge is -2.05. The van der Waals surface area contributed by atoms with E-state index in [1.54, 1.807) is 35.8 Å². The summed E-state index contributed by atoms with van der Waals surface area (Å²) < 4.78 is 13.1. The number of rotatable bonds is 5. The molecule has 3 heterocycles. The molecule has 0 radical (unpaired) electrons. The largest absolute Gasteiger partial charge is 0.459 e. The van der Waals surface area contributed by atoms with Gasteiger partial charge in [-0.3, -0.25) is 18.6 Å². The van der Waals surface area contributed by atoms with Gasteiger partial charge in [-0.15, -0.1) is 11.3 Å². The fraction of sp³-hybridized carbons (Fsp3) is 0.176. The number of thiazole rings is 1. The van der Waals surface area contributed by atoms with Crippen LogP contribution in [0.1, 0.15) is 12.1 Å². The Balaban J connectivity index is 1.41. The molecule has 0 bridgehead atoms. The second kappa shape index (κ2) is 6.60. The van der Waals surface area contributed by atoms with Crippen LogP contribution in [0.5, 0.6) is 0 Å². The van der Waals surface area contributed by atoms with Crippen LogP contribution in [0.4, 0.5) is 0 Å². The van der Waals surface area contributed by atoms with E-state index in [2.05, 4.69) is 4.98 Å². The van der Waals surface area contributed by atoms with Crippen molar-refractivity contribution in [2.45, 2.75) is 19.6 Å². The van der Waals surface area contributed by atoms with Crippen molar-refractivity contribution in [2.24, 2.45) is 0 Å². The number of aryl methyl sites for hydroxylation is 1. The van der Waals surface area contributed by atoms with Gasteiger partial charge in [-0.25, -0.2) is 9.78 Å². The number of carbonyl (C=O) groups is 1. The predicted molar refractivity (Wildman–Crippen MR) is 94.2 cm³/mol. The highest BCUT2D eigenvalue weighted by Crippen LogP contribution is 2.12. The molecular weight excluding hydrogens is 358 g/mol. The number of oxazole rings is 1. The van der Waals surface area contributed by atoms with Gasteiger partial charge >= 0.3 is 11.7 Å². The minimum Gasteiger partial charge on any atom is -0.459 e. The summed E-state index contributed by atoms with van der Waals surface area (Å²) in [5.74, 6) is -1.01. The third-order valence-corrected chi connectivity index (χ3v) is 4.61. The molecule has 0 spiro atoms. The summed E-state index contributed by atoms with van der Waals surface area (Å²) in [6.07, 6.45) is 1.64. The Labute approximate surface area is 149 Å². The Morgan fingerprint density at radius 1 is 1.27 bits per heavy atom. The number of carbonyl (C=O) groups excluding carboxylic acids is 1. The predicted octanol–water partition coefficient (Wildman–Crippen LogP) is 1.80. The zero-order chi connectivity index (χ0) is 18.1. The van der Waals surface area contributed by atoms with E-state index in [-0.39, 0.29) is 25.1 Å². The SMILES string of the molecule is O=C(CCn1c(=O)oc2ccccc21)OCc1cc(=O)n2ccsc2n1. The normalized spacial score (nSPS) is 11.2. The van der Waals surface area contributed by atoms with Gasteiger partial charge in [-0.05, 0) is 12.1 Å². The lowest BCUT2D eigenvalue weighted by molar-refractivity contribution is -0.145. The molecule has 0 fully saturated rings. The minimum atomic E-state index is -0.517. The van der Waals surface area contributed by atoms with E-state index < -0.39 is 11.7 Å². The number of ether oxygens (including phenoxy) is 1. The molecule has 0 amide bonds. The van der Waals surface area contributed by atoms with Gasteiger partial charge < -0.3 is 9.15 Å². The summed E-state index contributed by atoms with van der Waals surface area (Å²) >= 11 is 1.32. The Kier molecular flexibility index (Phi) is 4.13. The molecular formula is C17H13N3O5S. The molecule has 0 aliphatic rings. The fourth-order valence-electron chi connectivity index (χ4n) is 2.62. The third-order valence-electron chi connectivity index (χ3n) is 3.85. The quantitative estimate of drug-likeness (QED) is 0.496. The maximum absolute atomic E-state index is 12.0. The summed E-state index contributed by atoms with van der Waals surface area (Å²) in [6.45, 7) is 0.0538. The highest BCUT2D eigenvalue weighted by Gasteiger charge is 2.12. The number of fused-ring (bicyclic) bond motifs is 2. The first-order valence-corrected chi connectivity index (χ1v) is 8.69. The van der Waals surface area contributed by atoms with E-state index in [0.717, 1.165) is 0 Å². The van der Waals surface area contributed by atoms with Crippen LogP contribution in [0, 0.1) is 0 Å². The monoisotopic (exact) mass is 371 g/mol. The highest BCUT2D eigenvalue weighted by molar-refractivity contribution is 7.15. The van der Waals surface area contributed by atoms with E-state index in [1.165, 1.54) is 26.4 Å². The summed E-state index contributed by atoms with van der Waals surface area (Å²) in [5, 5.41) is 1.76. The Morgan fingerprint density at radius 2 is 2.12 bits per heavy atom. The van der Waals surface area contributed by atoms with E-state index in [4.69, 9.17) is 9.15 Å². The zero-order valence-electron chi connectivity index (χ0n) is 13.5. The van der Waals surface area contributed by atoms with Crippen LogP contribution in [0.25, 0.3) is 16.1 Å². The minimum absolute atomic E-state index is 0.00363. The number of hydrogen-bond acceptors (Lipinski definition) is 7. The molecule has 0 aliphatic heterocycles. The average molecular weight is 371 g/mol. The van der Waals surface area contributed by atoms with Crippen LogP contribution >= 0.6 is 11.3 Å². The van der Waals surface area contributed by atoms with Crippen molar-refractivity contribution >= 4 is 33.4 Å². The molecule has 132 valence electrons. The molecule has 0 atom stereocenters. The Morgan fingerprint density at radius 3 is 3.00 bits per heavy atom. The Bertz CT molecular complexity index is 1220. The molecule has 0 saturated heterocycles. The maximum Gasteiger partial charge on any atom is 0.419 e. The average Bonchev–Trinajstić information content (AvgIpc) is 3.22. The van der Waals surface area contributed by atoms with E-state index in [0.29, 0.717) is 21.8 Å². The van der Waals surface area contributed by atoms with Crippen LogP contribution in [0.3, 0.4) is 0 Å². The number of benzene rings is 1. The van der Waals surface area contributed by atoms with Crippen molar-refractivity contribution in [3.63, 3.8) is 0 Å². The number of hydrogen-bond donors (Lipinski definition) is 0. The van der Waals surface area contributed by atoms with Crippen LogP contribution in [-0.4, -0.2) is 19.9 Å². The van der Waals surface area contributed by atoms with Crippen LogP contribution < -0.4 is 11.3 Å². The second-order valence-electron chi connectivity index (χ2n) is 5.54. The molecule has 0 aliphatic carbocycles. The number of nitrogens with zero attached hydrogens (tertiary/aromatic N) is 3. The van der Waals surface area contributed by atoms with Crippen LogP contribution in [-0.2, 0) is 22.7 Å². The van der Waals surface area contributed by atoms with E-state index in [9.17, 15) is 14.4 Å². The molecule has 0 saturated carbocycles. The topological polar surface area (TPSA) is 95.8 Å². The van der Waals surface area contributed by atoms with Gasteiger partial charge in [0.25, 0.3) is 5.56 Å². The summed E-state index contributed by atoms with van der Waals surface area (Å²) in [5.41, 5.74) is 1.26. The molecule has 0 N–H and O–H groups in total. The molecule has 0 unspecified atom stereocenters. The summed E-state index contributed by atoms with van der Waals surface area (Å²) in [7, 11) is 0. The first-order chi connectivity index (χ1) is 12.6. The lowest BCUT2D eigenvalue weighted by Crippen LogP contribution is -2.18. The van der Waals surface area contributed by atoms with Crippen molar-refractivity contribution in [1.82, 2.24) is 14.0 Å². The summed E-state index contributed by atoms with van der Waals surface area (Å²) in [6, 6.07) is 8.33. The van der Waals surface area contributed by atoms with Gasteiger partial charge in [-0.1, -0.05) is 12.1 Å². The standard InChI is InChI=1S/C17H13N3O5S/c21-14-9-11(18-16-20(14)7-8-26-16)10-24-15(22)5-6-19-12-3-1-2-4-13(12)25-17(19)23/h1-4,7-9H,5-6,10H2. The highest BCUT2D eigenvalue weighted by atomic mass is 32.1. The zero-order valence-corrected chi connectivity index (χ0v) is 14.3. The third kappa shape index (κ3) is 3.04. The lowest BCUT2D eigenvalue weighted by atomic mass is 10.3. The van der Waals surface area contributed by atoms with Crippen LogP contribution in [0.15, 0.2) is 55.9 Å². The molecule has 4 aromatic rings. The number of esters is 1. The molecule has 1 aromatic carbocycles. The summed E-state index contributed by atoms with van der Waals surface area (Å²) in [4.78, 5) is 40.5. The molecule has 9 heteroatoms. The number of aromatic nitrogens is 3. The molecule has 4 rings (SSSR count). The number of para-hydroxylation sites is 2. The first-order valence-electron chi connectivity index (χ1n) is 7.81. The fourth-order valence-corrected chi connectivity index (χ4v) is 3.36. The van der Waals surface area contributed by atoms with Crippen molar-refractivity contribution in [1.29, 1.82) is 0 Å². The molecule has 8 nitrogen and oxygen atoms in total. The van der Waals surface area contributed by atoms with Gasteiger partial charge in [0.2, 0.25) is 0 Å². The van der Waals surface area contributed by atoms with Gasteiger partial charge in [-0.2, -0.15) is 0 Å². The second-order valence-corrected chi connectivity index (χ2v) is 6.41. The first kappa shape index (κ1) is 16.3.